The summed E-state index contributed by atoms with van der Waals surface area (Å²) in [6, 6.07) is 4.35. The minimum Gasteiger partial charge on any atom is -0.306 e. The van der Waals surface area contributed by atoms with Gasteiger partial charge in [0.25, 0.3) is 5.69 Å². The van der Waals surface area contributed by atoms with Gasteiger partial charge < -0.3 is 5.32 Å². The molecule has 0 amide bonds. The number of hydrogen-bond donors (Lipinski definition) is 2. The lowest BCUT2D eigenvalue weighted by Crippen LogP contribution is -2.14. The van der Waals surface area contributed by atoms with E-state index in [1.807, 2.05) is 0 Å². The van der Waals surface area contributed by atoms with E-state index in [0.29, 0.717) is 29.5 Å². The van der Waals surface area contributed by atoms with Gasteiger partial charge >= 0.3 is 0 Å². The van der Waals surface area contributed by atoms with Gasteiger partial charge in [-0.2, -0.15) is 5.10 Å². The van der Waals surface area contributed by atoms with Gasteiger partial charge in [-0.25, -0.2) is 4.98 Å². The van der Waals surface area contributed by atoms with Crippen molar-refractivity contribution >= 4 is 17.3 Å². The minimum absolute atomic E-state index is 0.0239. The summed E-state index contributed by atoms with van der Waals surface area (Å²) in [7, 11) is 0. The van der Waals surface area contributed by atoms with Gasteiger partial charge in [0, 0.05) is 23.7 Å². The zero-order chi connectivity index (χ0) is 13.0. The molecule has 0 aliphatic rings. The molecule has 0 aliphatic heterocycles. The lowest BCUT2D eigenvalue weighted by atomic mass is 10.2. The number of hydrogen-bond acceptors (Lipinski definition) is 5. The van der Waals surface area contributed by atoms with Crippen molar-refractivity contribution in [2.75, 3.05) is 0 Å². The molecule has 2 rings (SSSR count). The molecule has 18 heavy (non-hydrogen) atoms. The molecule has 0 radical (unpaired) electrons. The summed E-state index contributed by atoms with van der Waals surface area (Å²) >= 11 is 5.96. The number of H-pyrrole nitrogens is 1. The molecule has 1 heterocycles. The van der Waals surface area contributed by atoms with Crippen molar-refractivity contribution in [3.63, 3.8) is 0 Å². The number of nitrogens with zero attached hydrogens (tertiary/aromatic N) is 3. The Morgan fingerprint density at radius 3 is 2.94 bits per heavy atom. The van der Waals surface area contributed by atoms with Gasteiger partial charge in [-0.15, -0.1) is 0 Å². The Morgan fingerprint density at radius 1 is 1.44 bits per heavy atom. The first-order chi connectivity index (χ1) is 8.66. The highest BCUT2D eigenvalue weighted by Crippen LogP contribution is 2.21. The topological polar surface area (TPSA) is 96.7 Å². The number of benzene rings is 1. The molecular weight excluding hydrogens is 258 g/mol. The van der Waals surface area contributed by atoms with E-state index < -0.39 is 4.92 Å². The molecule has 0 atom stereocenters. The average Bonchev–Trinajstić information content (AvgIpc) is 2.84. The standard InChI is InChI=1S/C10H10ClN5O2/c11-9-2-1-8(16(17)18)3-7(9)4-12-5-10-13-6-14-15-10/h1-3,6,12H,4-5H2,(H,13,14,15). The van der Waals surface area contributed by atoms with Gasteiger partial charge in [0.1, 0.15) is 12.2 Å². The third-order valence-corrected chi connectivity index (χ3v) is 2.68. The quantitative estimate of drug-likeness (QED) is 0.634. The molecule has 0 spiro atoms. The number of halogens is 1. The maximum atomic E-state index is 10.6. The number of nitrogens with one attached hydrogen (secondary N) is 2. The highest BCUT2D eigenvalue weighted by molar-refractivity contribution is 6.31. The summed E-state index contributed by atoms with van der Waals surface area (Å²) in [5.41, 5.74) is 0.696. The van der Waals surface area contributed by atoms with Crippen LogP contribution in [0.3, 0.4) is 0 Å². The fourth-order valence-corrected chi connectivity index (χ4v) is 1.63. The van der Waals surface area contributed by atoms with Crippen LogP contribution in [0.15, 0.2) is 24.5 Å². The molecule has 1 aromatic carbocycles. The van der Waals surface area contributed by atoms with E-state index in [4.69, 9.17) is 11.6 Å². The van der Waals surface area contributed by atoms with Crippen LogP contribution >= 0.6 is 11.6 Å². The van der Waals surface area contributed by atoms with Crippen molar-refractivity contribution in [2.24, 2.45) is 0 Å². The third-order valence-electron chi connectivity index (χ3n) is 2.31. The minimum atomic E-state index is -0.448. The Balaban J connectivity index is 2.00. The van der Waals surface area contributed by atoms with Gasteiger partial charge in [0.05, 0.1) is 11.5 Å². The average molecular weight is 268 g/mol. The monoisotopic (exact) mass is 267 g/mol. The SMILES string of the molecule is O=[N+]([O-])c1ccc(Cl)c(CNCc2ncn[nH]2)c1. The fourth-order valence-electron chi connectivity index (χ4n) is 1.44. The van der Waals surface area contributed by atoms with Crippen LogP contribution in [0.25, 0.3) is 0 Å². The Kier molecular flexibility index (Phi) is 3.85. The number of non-ortho nitro benzene ring substituents is 1. The van der Waals surface area contributed by atoms with Crippen LogP contribution in [-0.2, 0) is 13.1 Å². The van der Waals surface area contributed by atoms with Crippen LogP contribution in [0.1, 0.15) is 11.4 Å². The van der Waals surface area contributed by atoms with Crippen molar-refractivity contribution in [1.29, 1.82) is 0 Å². The van der Waals surface area contributed by atoms with Gasteiger partial charge in [0.15, 0.2) is 0 Å². The van der Waals surface area contributed by atoms with Crippen LogP contribution in [0.4, 0.5) is 5.69 Å². The summed E-state index contributed by atoms with van der Waals surface area (Å²) < 4.78 is 0. The fraction of sp³-hybridized carbons (Fsp3) is 0.200. The van der Waals surface area contributed by atoms with E-state index in [1.165, 1.54) is 24.5 Å². The molecule has 0 saturated heterocycles. The molecule has 7 nitrogen and oxygen atoms in total. The molecule has 2 aromatic rings. The van der Waals surface area contributed by atoms with Crippen LogP contribution in [-0.4, -0.2) is 20.1 Å². The van der Waals surface area contributed by atoms with Gasteiger partial charge in [-0.1, -0.05) is 11.6 Å². The lowest BCUT2D eigenvalue weighted by Gasteiger charge is -2.05. The number of rotatable bonds is 5. The zero-order valence-corrected chi connectivity index (χ0v) is 10.0. The number of aromatic amines is 1. The Morgan fingerprint density at radius 2 is 2.28 bits per heavy atom. The van der Waals surface area contributed by atoms with E-state index in [1.54, 1.807) is 0 Å². The van der Waals surface area contributed by atoms with Crippen molar-refractivity contribution in [2.45, 2.75) is 13.1 Å². The molecule has 1 aromatic heterocycles. The lowest BCUT2D eigenvalue weighted by molar-refractivity contribution is -0.384. The van der Waals surface area contributed by atoms with Crippen molar-refractivity contribution in [1.82, 2.24) is 20.5 Å². The van der Waals surface area contributed by atoms with Crippen molar-refractivity contribution in [3.8, 4) is 0 Å². The molecule has 2 N–H and O–H groups in total. The first-order valence-corrected chi connectivity index (χ1v) is 5.52. The Bertz CT molecular complexity index is 543. The van der Waals surface area contributed by atoms with Crippen LogP contribution in [0.2, 0.25) is 5.02 Å². The van der Waals surface area contributed by atoms with Gasteiger partial charge in [-0.05, 0) is 11.6 Å². The smallest absolute Gasteiger partial charge is 0.269 e. The second-order valence-corrected chi connectivity index (χ2v) is 3.98. The second kappa shape index (κ2) is 5.56. The molecule has 94 valence electrons. The van der Waals surface area contributed by atoms with E-state index in [0.717, 1.165) is 0 Å². The second-order valence-electron chi connectivity index (χ2n) is 3.57. The molecule has 0 fully saturated rings. The summed E-state index contributed by atoms with van der Waals surface area (Å²) in [4.78, 5) is 14.1. The summed E-state index contributed by atoms with van der Waals surface area (Å²) in [6.07, 6.45) is 1.41. The van der Waals surface area contributed by atoms with Crippen LogP contribution in [0.5, 0.6) is 0 Å². The first-order valence-electron chi connectivity index (χ1n) is 5.14. The van der Waals surface area contributed by atoms with Crippen molar-refractivity contribution in [3.05, 3.63) is 51.1 Å². The van der Waals surface area contributed by atoms with E-state index in [2.05, 4.69) is 20.5 Å². The third kappa shape index (κ3) is 3.02. The van der Waals surface area contributed by atoms with E-state index >= 15 is 0 Å². The predicted octanol–water partition coefficient (Wildman–Crippen LogP) is 1.66. The van der Waals surface area contributed by atoms with Gasteiger partial charge in [0.2, 0.25) is 0 Å². The molecule has 0 bridgehead atoms. The maximum absolute atomic E-state index is 10.6. The van der Waals surface area contributed by atoms with E-state index in [-0.39, 0.29) is 5.69 Å². The molecule has 8 heteroatoms. The largest absolute Gasteiger partial charge is 0.306 e. The zero-order valence-electron chi connectivity index (χ0n) is 9.26. The summed E-state index contributed by atoms with van der Waals surface area (Å²) in [6.45, 7) is 0.903. The highest BCUT2D eigenvalue weighted by Gasteiger charge is 2.09. The van der Waals surface area contributed by atoms with Crippen LogP contribution in [0, 0.1) is 10.1 Å². The molecule has 0 unspecified atom stereocenters. The molecular formula is C10H10ClN5O2. The normalized spacial score (nSPS) is 10.5. The molecule has 0 aliphatic carbocycles. The maximum Gasteiger partial charge on any atom is 0.269 e. The first kappa shape index (κ1) is 12.5. The number of nitro benzene ring substituents is 1. The summed E-state index contributed by atoms with van der Waals surface area (Å²) in [5.74, 6) is 0.691. The highest BCUT2D eigenvalue weighted by atomic mass is 35.5. The van der Waals surface area contributed by atoms with Gasteiger partial charge in [-0.3, -0.25) is 15.2 Å². The van der Waals surface area contributed by atoms with Crippen LogP contribution < -0.4 is 5.32 Å². The predicted molar refractivity (Wildman–Crippen MR) is 65.0 cm³/mol. The van der Waals surface area contributed by atoms with Crippen molar-refractivity contribution < 1.29 is 4.92 Å². The number of aromatic nitrogens is 3. The Labute approximate surface area is 107 Å². The molecule has 0 saturated carbocycles. The number of nitro groups is 1. The Hall–Kier alpha value is -1.99. The van der Waals surface area contributed by atoms with E-state index in [9.17, 15) is 10.1 Å². The summed E-state index contributed by atoms with van der Waals surface area (Å²) in [5, 5.41) is 20.6.